The maximum atomic E-state index is 12.9. The number of carbonyl (C=O) groups is 3. The Bertz CT molecular complexity index is 1120. The Hall–Kier alpha value is -4.13. The maximum Gasteiger partial charge on any atom is 0.408 e. The maximum absolute atomic E-state index is 12.9. The van der Waals surface area contributed by atoms with E-state index in [1.807, 2.05) is 84.9 Å². The number of alkyl carbamates (subject to hydrolysis) is 1. The second-order valence-electron chi connectivity index (χ2n) is 8.66. The van der Waals surface area contributed by atoms with Crippen LogP contribution in [0.5, 0.6) is 0 Å². The SMILES string of the molecule is CC(C)[C@@H](NC(=O)OCc1ccccc1)C(=O)N[C@H](Cc1ccc(-c2ccccc2)cc1)C(N)=O. The summed E-state index contributed by atoms with van der Waals surface area (Å²) in [5.41, 5.74) is 9.40. The molecule has 0 unspecified atom stereocenters. The molecule has 0 aliphatic carbocycles. The minimum absolute atomic E-state index is 0.0853. The van der Waals surface area contributed by atoms with Crippen LogP contribution in [0.15, 0.2) is 84.9 Å². The molecule has 0 saturated heterocycles. The molecule has 0 aliphatic rings. The van der Waals surface area contributed by atoms with Gasteiger partial charge in [-0.3, -0.25) is 9.59 Å². The molecule has 3 aromatic carbocycles. The molecule has 182 valence electrons. The largest absolute Gasteiger partial charge is 0.445 e. The van der Waals surface area contributed by atoms with Crippen molar-refractivity contribution in [2.75, 3.05) is 0 Å². The summed E-state index contributed by atoms with van der Waals surface area (Å²) in [5, 5.41) is 5.28. The number of rotatable bonds is 10. The van der Waals surface area contributed by atoms with Crippen molar-refractivity contribution in [3.05, 3.63) is 96.1 Å². The first kappa shape index (κ1) is 25.5. The second-order valence-corrected chi connectivity index (χ2v) is 8.66. The van der Waals surface area contributed by atoms with Crippen LogP contribution >= 0.6 is 0 Å². The fourth-order valence-corrected chi connectivity index (χ4v) is 3.61. The first-order chi connectivity index (χ1) is 16.8. The Labute approximate surface area is 205 Å². The lowest BCUT2D eigenvalue weighted by molar-refractivity contribution is -0.129. The first-order valence-electron chi connectivity index (χ1n) is 11.5. The highest BCUT2D eigenvalue weighted by molar-refractivity contribution is 5.91. The topological polar surface area (TPSA) is 111 Å². The number of hydrogen-bond donors (Lipinski definition) is 3. The average Bonchev–Trinajstić information content (AvgIpc) is 2.87. The highest BCUT2D eigenvalue weighted by Gasteiger charge is 2.28. The molecule has 35 heavy (non-hydrogen) atoms. The van der Waals surface area contributed by atoms with Crippen LogP contribution in [-0.4, -0.2) is 30.0 Å². The predicted molar refractivity (Wildman–Crippen MR) is 135 cm³/mol. The number of primary amides is 1. The van der Waals surface area contributed by atoms with Crippen molar-refractivity contribution in [3.8, 4) is 11.1 Å². The third kappa shape index (κ3) is 7.71. The van der Waals surface area contributed by atoms with E-state index >= 15 is 0 Å². The Kier molecular flexibility index (Phi) is 9.01. The van der Waals surface area contributed by atoms with E-state index in [4.69, 9.17) is 10.5 Å². The van der Waals surface area contributed by atoms with E-state index in [-0.39, 0.29) is 18.9 Å². The molecule has 0 saturated carbocycles. The monoisotopic (exact) mass is 473 g/mol. The number of benzene rings is 3. The fraction of sp³-hybridized carbons (Fsp3) is 0.250. The lowest BCUT2D eigenvalue weighted by Crippen LogP contribution is -2.55. The number of nitrogens with two attached hydrogens (primary N) is 1. The van der Waals surface area contributed by atoms with Gasteiger partial charge in [0.1, 0.15) is 18.7 Å². The number of amides is 3. The Balaban J connectivity index is 1.60. The van der Waals surface area contributed by atoms with E-state index in [2.05, 4.69) is 10.6 Å². The number of hydrogen-bond acceptors (Lipinski definition) is 4. The van der Waals surface area contributed by atoms with E-state index in [1.165, 1.54) is 0 Å². The van der Waals surface area contributed by atoms with E-state index in [0.29, 0.717) is 0 Å². The van der Waals surface area contributed by atoms with Crippen LogP contribution in [0.4, 0.5) is 4.79 Å². The molecule has 3 rings (SSSR count). The molecule has 3 aromatic rings. The zero-order valence-corrected chi connectivity index (χ0v) is 19.9. The van der Waals surface area contributed by atoms with Crippen LogP contribution in [0, 0.1) is 5.92 Å². The molecule has 0 aromatic heterocycles. The summed E-state index contributed by atoms with van der Waals surface area (Å²) in [7, 11) is 0. The summed E-state index contributed by atoms with van der Waals surface area (Å²) in [5.74, 6) is -1.39. The van der Waals surface area contributed by atoms with Gasteiger partial charge in [0, 0.05) is 6.42 Å². The van der Waals surface area contributed by atoms with E-state index in [1.54, 1.807) is 13.8 Å². The Morgan fingerprint density at radius 1 is 0.771 bits per heavy atom. The lowest BCUT2D eigenvalue weighted by Gasteiger charge is -2.24. The van der Waals surface area contributed by atoms with E-state index in [9.17, 15) is 14.4 Å². The molecule has 7 nitrogen and oxygen atoms in total. The molecule has 3 amide bonds. The van der Waals surface area contributed by atoms with Gasteiger partial charge >= 0.3 is 6.09 Å². The van der Waals surface area contributed by atoms with Gasteiger partial charge in [-0.25, -0.2) is 4.79 Å². The fourth-order valence-electron chi connectivity index (χ4n) is 3.61. The van der Waals surface area contributed by atoms with Crippen LogP contribution in [0.25, 0.3) is 11.1 Å². The zero-order valence-electron chi connectivity index (χ0n) is 19.9. The summed E-state index contributed by atoms with van der Waals surface area (Å²) in [6.45, 7) is 3.68. The summed E-state index contributed by atoms with van der Waals surface area (Å²) in [6, 6.07) is 25.1. The molecule has 0 aliphatic heterocycles. The van der Waals surface area contributed by atoms with Crippen LogP contribution < -0.4 is 16.4 Å². The van der Waals surface area contributed by atoms with Crippen LogP contribution in [0.2, 0.25) is 0 Å². The molecular formula is C28H31N3O4. The standard InChI is InChI=1S/C28H31N3O4/c1-19(2)25(31-28(34)35-18-21-9-5-3-6-10-21)27(33)30-24(26(29)32)17-20-13-15-23(16-14-20)22-11-7-4-8-12-22/h3-16,19,24-25H,17-18H2,1-2H3,(H2,29,32)(H,30,33)(H,31,34)/t24-,25-/m1/s1. The van der Waals surface area contributed by atoms with Crippen LogP contribution in [0.3, 0.4) is 0 Å². The number of ether oxygens (including phenoxy) is 1. The molecule has 7 heteroatoms. The van der Waals surface area contributed by atoms with Crippen molar-refractivity contribution in [2.24, 2.45) is 11.7 Å². The van der Waals surface area contributed by atoms with Gasteiger partial charge in [0.2, 0.25) is 11.8 Å². The number of carbonyl (C=O) groups excluding carboxylic acids is 3. The van der Waals surface area contributed by atoms with Crippen molar-refractivity contribution in [3.63, 3.8) is 0 Å². The van der Waals surface area contributed by atoms with Crippen molar-refractivity contribution in [1.29, 1.82) is 0 Å². The third-order valence-electron chi connectivity index (χ3n) is 5.60. The van der Waals surface area contributed by atoms with Gasteiger partial charge in [-0.2, -0.15) is 0 Å². The zero-order chi connectivity index (χ0) is 25.2. The quantitative estimate of drug-likeness (QED) is 0.416. The van der Waals surface area contributed by atoms with Gasteiger partial charge in [0.15, 0.2) is 0 Å². The minimum Gasteiger partial charge on any atom is -0.445 e. The first-order valence-corrected chi connectivity index (χ1v) is 11.5. The van der Waals surface area contributed by atoms with Gasteiger partial charge in [0.25, 0.3) is 0 Å². The Morgan fingerprint density at radius 2 is 1.34 bits per heavy atom. The smallest absolute Gasteiger partial charge is 0.408 e. The minimum atomic E-state index is -0.923. The normalized spacial score (nSPS) is 12.4. The van der Waals surface area contributed by atoms with Gasteiger partial charge in [-0.05, 0) is 28.2 Å². The highest BCUT2D eigenvalue weighted by atomic mass is 16.5. The molecule has 2 atom stereocenters. The average molecular weight is 474 g/mol. The van der Waals surface area contributed by atoms with Gasteiger partial charge in [-0.15, -0.1) is 0 Å². The summed E-state index contributed by atoms with van der Waals surface area (Å²) >= 11 is 0. The number of nitrogens with one attached hydrogen (secondary N) is 2. The predicted octanol–water partition coefficient (Wildman–Crippen LogP) is 3.82. The highest BCUT2D eigenvalue weighted by Crippen LogP contribution is 2.20. The van der Waals surface area contributed by atoms with E-state index < -0.39 is 30.0 Å². The molecule has 0 bridgehead atoms. The molecule has 0 fully saturated rings. The molecule has 4 N–H and O–H groups in total. The van der Waals surface area contributed by atoms with Gasteiger partial charge in [-0.1, -0.05) is 98.8 Å². The molecule has 0 heterocycles. The van der Waals surface area contributed by atoms with Crippen LogP contribution in [0.1, 0.15) is 25.0 Å². The van der Waals surface area contributed by atoms with Crippen molar-refractivity contribution >= 4 is 17.9 Å². The summed E-state index contributed by atoms with van der Waals surface area (Å²) in [6.07, 6.45) is -0.478. The van der Waals surface area contributed by atoms with Crippen molar-refractivity contribution in [1.82, 2.24) is 10.6 Å². The van der Waals surface area contributed by atoms with Crippen molar-refractivity contribution in [2.45, 2.75) is 39.0 Å². The Morgan fingerprint density at radius 3 is 1.91 bits per heavy atom. The third-order valence-corrected chi connectivity index (χ3v) is 5.60. The molecule has 0 radical (unpaired) electrons. The van der Waals surface area contributed by atoms with Crippen LogP contribution in [-0.2, 0) is 27.4 Å². The molecule has 0 spiro atoms. The molecular weight excluding hydrogens is 442 g/mol. The van der Waals surface area contributed by atoms with Gasteiger partial charge < -0.3 is 21.1 Å². The lowest BCUT2D eigenvalue weighted by atomic mass is 9.99. The van der Waals surface area contributed by atoms with Crippen molar-refractivity contribution < 1.29 is 19.1 Å². The second kappa shape index (κ2) is 12.4. The van der Waals surface area contributed by atoms with E-state index in [0.717, 1.165) is 22.3 Å². The summed E-state index contributed by atoms with van der Waals surface area (Å²) < 4.78 is 5.23. The summed E-state index contributed by atoms with van der Waals surface area (Å²) in [4.78, 5) is 37.3. The van der Waals surface area contributed by atoms with Gasteiger partial charge in [0.05, 0.1) is 0 Å².